The van der Waals surface area contributed by atoms with E-state index in [2.05, 4.69) is 15.4 Å². The summed E-state index contributed by atoms with van der Waals surface area (Å²) in [5.74, 6) is 0.173. The predicted molar refractivity (Wildman–Crippen MR) is 92.4 cm³/mol. The van der Waals surface area contributed by atoms with Crippen molar-refractivity contribution < 1.29 is 4.79 Å². The Kier molecular flexibility index (Phi) is 4.00. The molecule has 118 valence electrons. The molecule has 0 saturated carbocycles. The first kappa shape index (κ1) is 15.8. The fourth-order valence-electron chi connectivity index (χ4n) is 2.45. The van der Waals surface area contributed by atoms with E-state index in [0.29, 0.717) is 27.1 Å². The molecule has 3 rings (SSSR count). The predicted octanol–water partition coefficient (Wildman–Crippen LogP) is 4.14. The van der Waals surface area contributed by atoms with Gasteiger partial charge in [-0.05, 0) is 43.7 Å². The number of hydrogen-bond acceptors (Lipinski definition) is 3. The molecule has 0 saturated heterocycles. The number of benzene rings is 1. The molecule has 23 heavy (non-hydrogen) atoms. The molecule has 0 radical (unpaired) electrons. The normalized spacial score (nSPS) is 11.0. The smallest absolute Gasteiger partial charge is 0.256 e. The van der Waals surface area contributed by atoms with Gasteiger partial charge in [0.05, 0.1) is 16.1 Å². The average molecular weight is 349 g/mol. The lowest BCUT2D eigenvalue weighted by Gasteiger charge is -2.06. The van der Waals surface area contributed by atoms with E-state index in [1.165, 1.54) is 0 Å². The lowest BCUT2D eigenvalue weighted by molar-refractivity contribution is 0.102. The summed E-state index contributed by atoms with van der Waals surface area (Å²) in [5, 5.41) is 9.06. The van der Waals surface area contributed by atoms with Gasteiger partial charge in [0, 0.05) is 17.6 Å². The fourth-order valence-corrected chi connectivity index (χ4v) is 2.71. The summed E-state index contributed by atoms with van der Waals surface area (Å²) in [6.07, 6.45) is 0. The minimum absolute atomic E-state index is 0.266. The number of carbonyl (C=O) groups excluding carboxylic acids is 1. The average Bonchev–Trinajstić information content (AvgIpc) is 2.81. The first-order valence-corrected chi connectivity index (χ1v) is 7.70. The lowest BCUT2D eigenvalue weighted by atomic mass is 10.1. The number of amides is 1. The Balaban J connectivity index is 2.05. The molecule has 1 amide bonds. The second-order valence-corrected chi connectivity index (χ2v) is 6.08. The van der Waals surface area contributed by atoms with Crippen LogP contribution >= 0.6 is 23.2 Å². The maximum Gasteiger partial charge on any atom is 0.256 e. The molecule has 0 aliphatic carbocycles. The van der Waals surface area contributed by atoms with Crippen LogP contribution in [0.3, 0.4) is 0 Å². The standard InChI is InChI=1S/C16H14Cl2N4O/c1-8-12-14(20-16(23)10-4-6-11(17)7-5-10)21-22(3)15(12)19-9(2)13(8)18/h4-7H,1-3H3,(H,20,21,23). The molecule has 0 spiro atoms. The number of nitrogens with zero attached hydrogens (tertiary/aromatic N) is 3. The molecular weight excluding hydrogens is 335 g/mol. The topological polar surface area (TPSA) is 59.8 Å². The van der Waals surface area contributed by atoms with Crippen LogP contribution in [0.5, 0.6) is 0 Å². The van der Waals surface area contributed by atoms with Crippen LogP contribution in [-0.2, 0) is 7.05 Å². The number of rotatable bonds is 2. The molecule has 0 atom stereocenters. The van der Waals surface area contributed by atoms with Gasteiger partial charge < -0.3 is 5.32 Å². The highest BCUT2D eigenvalue weighted by Crippen LogP contribution is 2.31. The van der Waals surface area contributed by atoms with Crippen LogP contribution in [0.1, 0.15) is 21.6 Å². The zero-order chi connectivity index (χ0) is 16.7. The molecular formula is C16H14Cl2N4O. The molecule has 0 bridgehead atoms. The van der Waals surface area contributed by atoms with Crippen molar-refractivity contribution in [2.24, 2.45) is 7.05 Å². The van der Waals surface area contributed by atoms with Crippen molar-refractivity contribution >= 4 is 46.0 Å². The third kappa shape index (κ3) is 2.78. The number of hydrogen-bond donors (Lipinski definition) is 1. The summed E-state index contributed by atoms with van der Waals surface area (Å²) in [6.45, 7) is 3.73. The molecule has 1 aromatic carbocycles. The van der Waals surface area contributed by atoms with Crippen LogP contribution in [0.25, 0.3) is 11.0 Å². The first-order valence-electron chi connectivity index (χ1n) is 6.95. The van der Waals surface area contributed by atoms with Crippen molar-refractivity contribution in [2.75, 3.05) is 5.32 Å². The van der Waals surface area contributed by atoms with Crippen molar-refractivity contribution in [2.45, 2.75) is 13.8 Å². The van der Waals surface area contributed by atoms with E-state index in [-0.39, 0.29) is 5.91 Å². The van der Waals surface area contributed by atoms with Gasteiger partial charge in [0.15, 0.2) is 11.5 Å². The zero-order valence-corrected chi connectivity index (χ0v) is 14.3. The highest BCUT2D eigenvalue weighted by atomic mass is 35.5. The van der Waals surface area contributed by atoms with Crippen LogP contribution in [-0.4, -0.2) is 20.7 Å². The highest BCUT2D eigenvalue weighted by molar-refractivity contribution is 6.33. The van der Waals surface area contributed by atoms with Gasteiger partial charge in [-0.3, -0.25) is 4.79 Å². The fraction of sp³-hybridized carbons (Fsp3) is 0.188. The quantitative estimate of drug-likeness (QED) is 0.756. The Hall–Kier alpha value is -2.11. The third-order valence-corrected chi connectivity index (χ3v) is 4.46. The SMILES string of the molecule is Cc1nc2c(c(NC(=O)c3ccc(Cl)cc3)nn2C)c(C)c1Cl. The van der Waals surface area contributed by atoms with Crippen LogP contribution in [0.2, 0.25) is 10.0 Å². The molecule has 0 aliphatic rings. The van der Waals surface area contributed by atoms with Crippen molar-refractivity contribution in [1.29, 1.82) is 0 Å². The van der Waals surface area contributed by atoms with Crippen LogP contribution in [0.15, 0.2) is 24.3 Å². The third-order valence-electron chi connectivity index (χ3n) is 3.65. The van der Waals surface area contributed by atoms with Gasteiger partial charge in [-0.1, -0.05) is 23.2 Å². The summed E-state index contributed by atoms with van der Waals surface area (Å²) in [7, 11) is 1.78. The summed E-state index contributed by atoms with van der Waals surface area (Å²) in [5.41, 5.74) is 2.75. The van der Waals surface area contributed by atoms with Crippen LogP contribution in [0.4, 0.5) is 5.82 Å². The maximum absolute atomic E-state index is 12.4. The minimum atomic E-state index is -0.266. The van der Waals surface area contributed by atoms with Crippen LogP contribution in [0, 0.1) is 13.8 Å². The molecule has 0 aliphatic heterocycles. The Morgan fingerprint density at radius 1 is 1.17 bits per heavy atom. The number of nitrogens with one attached hydrogen (secondary N) is 1. The zero-order valence-electron chi connectivity index (χ0n) is 12.8. The number of anilines is 1. The second kappa shape index (κ2) is 5.83. The van der Waals surface area contributed by atoms with Crippen molar-refractivity contribution in [3.05, 3.63) is 51.1 Å². The second-order valence-electron chi connectivity index (χ2n) is 5.27. The number of halogens is 2. The number of pyridine rings is 1. The Morgan fingerprint density at radius 2 is 1.83 bits per heavy atom. The summed E-state index contributed by atoms with van der Waals surface area (Å²) >= 11 is 12.1. The highest BCUT2D eigenvalue weighted by Gasteiger charge is 2.18. The molecule has 5 nitrogen and oxygen atoms in total. The number of aryl methyl sites for hydroxylation is 3. The Morgan fingerprint density at radius 3 is 2.48 bits per heavy atom. The Bertz CT molecular complexity index is 916. The molecule has 0 fully saturated rings. The summed E-state index contributed by atoms with van der Waals surface area (Å²) < 4.78 is 1.63. The van der Waals surface area contributed by atoms with Crippen molar-refractivity contribution in [1.82, 2.24) is 14.8 Å². The molecule has 2 aromatic heterocycles. The molecule has 3 aromatic rings. The maximum atomic E-state index is 12.4. The molecule has 1 N–H and O–H groups in total. The van der Waals surface area contributed by atoms with Gasteiger partial charge >= 0.3 is 0 Å². The lowest BCUT2D eigenvalue weighted by Crippen LogP contribution is -2.12. The molecule has 0 unspecified atom stereocenters. The van der Waals surface area contributed by atoms with E-state index in [0.717, 1.165) is 16.6 Å². The van der Waals surface area contributed by atoms with E-state index in [9.17, 15) is 4.79 Å². The van der Waals surface area contributed by atoms with E-state index in [4.69, 9.17) is 23.2 Å². The van der Waals surface area contributed by atoms with Crippen molar-refractivity contribution in [3.63, 3.8) is 0 Å². The van der Waals surface area contributed by atoms with Crippen molar-refractivity contribution in [3.8, 4) is 0 Å². The summed E-state index contributed by atoms with van der Waals surface area (Å²) in [6, 6.07) is 6.65. The largest absolute Gasteiger partial charge is 0.304 e. The van der Waals surface area contributed by atoms with Gasteiger partial charge in [0.2, 0.25) is 0 Å². The monoisotopic (exact) mass is 348 g/mol. The first-order chi connectivity index (χ1) is 10.9. The van der Waals surface area contributed by atoms with E-state index < -0.39 is 0 Å². The number of carbonyl (C=O) groups is 1. The Labute approximate surface area is 143 Å². The van der Waals surface area contributed by atoms with E-state index in [1.54, 1.807) is 36.0 Å². The summed E-state index contributed by atoms with van der Waals surface area (Å²) in [4.78, 5) is 16.8. The molecule has 2 heterocycles. The van der Waals surface area contributed by atoms with Gasteiger partial charge in [-0.25, -0.2) is 9.67 Å². The number of fused-ring (bicyclic) bond motifs is 1. The van der Waals surface area contributed by atoms with Crippen LogP contribution < -0.4 is 5.32 Å². The van der Waals surface area contributed by atoms with Gasteiger partial charge in [0.25, 0.3) is 5.91 Å². The molecule has 7 heteroatoms. The van der Waals surface area contributed by atoms with Gasteiger partial charge in [0.1, 0.15) is 0 Å². The van der Waals surface area contributed by atoms with Gasteiger partial charge in [-0.2, -0.15) is 5.10 Å². The van der Waals surface area contributed by atoms with E-state index in [1.807, 2.05) is 13.8 Å². The minimum Gasteiger partial charge on any atom is -0.304 e. The number of aromatic nitrogens is 3. The van der Waals surface area contributed by atoms with Gasteiger partial charge in [-0.15, -0.1) is 0 Å². The van der Waals surface area contributed by atoms with E-state index >= 15 is 0 Å².